The van der Waals surface area contributed by atoms with Gasteiger partial charge in [0.05, 0.1) is 11.9 Å². The molecule has 6 heteroatoms. The summed E-state index contributed by atoms with van der Waals surface area (Å²) in [6, 6.07) is 0.533. The Morgan fingerprint density at radius 2 is 2.11 bits per heavy atom. The number of hydrogen-bond acceptors (Lipinski definition) is 4. The molecule has 1 fully saturated rings. The van der Waals surface area contributed by atoms with Crippen LogP contribution in [0.15, 0.2) is 17.1 Å². The van der Waals surface area contributed by atoms with Crippen LogP contribution in [0.1, 0.15) is 32.7 Å². The molecular formula is C13H19N3O3. The lowest BCUT2D eigenvalue weighted by atomic mass is 9.99. The monoisotopic (exact) mass is 265 g/mol. The molecule has 2 rings (SSSR count). The highest BCUT2D eigenvalue weighted by atomic mass is 16.4. The average Bonchev–Trinajstić information content (AvgIpc) is 2.38. The van der Waals surface area contributed by atoms with Gasteiger partial charge in [0.1, 0.15) is 0 Å². The molecule has 1 atom stereocenters. The van der Waals surface area contributed by atoms with E-state index in [1.54, 1.807) is 6.20 Å². The number of hydrogen-bond donors (Lipinski definition) is 1. The average molecular weight is 265 g/mol. The number of piperidine rings is 1. The molecule has 0 amide bonds. The van der Waals surface area contributed by atoms with Crippen LogP contribution < -0.4 is 10.5 Å². The summed E-state index contributed by atoms with van der Waals surface area (Å²) in [5.74, 6) is -0.342. The zero-order valence-electron chi connectivity index (χ0n) is 11.2. The Bertz CT molecular complexity index is 518. The number of aromatic nitrogens is 2. The highest BCUT2D eigenvalue weighted by Crippen LogP contribution is 2.21. The Labute approximate surface area is 111 Å². The third kappa shape index (κ3) is 2.94. The van der Waals surface area contributed by atoms with Crippen LogP contribution in [-0.4, -0.2) is 33.9 Å². The maximum atomic E-state index is 11.9. The fourth-order valence-corrected chi connectivity index (χ4v) is 2.24. The van der Waals surface area contributed by atoms with E-state index in [2.05, 4.69) is 16.9 Å². The molecule has 0 aromatic carbocycles. The van der Waals surface area contributed by atoms with Crippen molar-refractivity contribution in [2.45, 2.75) is 32.7 Å². The van der Waals surface area contributed by atoms with Gasteiger partial charge in [0, 0.05) is 19.2 Å². The summed E-state index contributed by atoms with van der Waals surface area (Å²) in [7, 11) is 0. The maximum absolute atomic E-state index is 11.9. The number of aliphatic carboxylic acids is 1. The molecule has 1 aliphatic heterocycles. The lowest BCUT2D eigenvalue weighted by Crippen LogP contribution is -2.35. The third-order valence-corrected chi connectivity index (χ3v) is 3.68. The van der Waals surface area contributed by atoms with Crippen LogP contribution in [0.25, 0.3) is 0 Å². The fourth-order valence-electron chi connectivity index (χ4n) is 2.24. The van der Waals surface area contributed by atoms with Gasteiger partial charge in [-0.05, 0) is 25.7 Å². The second-order valence-corrected chi connectivity index (χ2v) is 5.18. The molecule has 0 saturated carbocycles. The molecule has 104 valence electrons. The molecule has 6 nitrogen and oxygen atoms in total. The van der Waals surface area contributed by atoms with E-state index < -0.39 is 12.0 Å². The molecule has 1 unspecified atom stereocenters. The summed E-state index contributed by atoms with van der Waals surface area (Å²) < 4.78 is 0.998. The summed E-state index contributed by atoms with van der Waals surface area (Å²) in [6.45, 7) is 5.50. The number of carboxylic acids is 1. The molecule has 1 aliphatic rings. The first-order valence-electron chi connectivity index (χ1n) is 6.55. The molecule has 19 heavy (non-hydrogen) atoms. The highest BCUT2D eigenvalue weighted by Gasteiger charge is 2.19. The predicted octanol–water partition coefficient (Wildman–Crippen LogP) is 1.13. The molecule has 0 spiro atoms. The predicted molar refractivity (Wildman–Crippen MR) is 71.5 cm³/mol. The normalized spacial score (nSPS) is 18.3. The number of nitrogens with zero attached hydrogens (tertiary/aromatic N) is 3. The van der Waals surface area contributed by atoms with Crippen LogP contribution in [0.5, 0.6) is 0 Å². The van der Waals surface area contributed by atoms with E-state index in [-0.39, 0.29) is 5.56 Å². The van der Waals surface area contributed by atoms with Crippen LogP contribution >= 0.6 is 0 Å². The van der Waals surface area contributed by atoms with Crippen molar-refractivity contribution in [1.29, 1.82) is 0 Å². The van der Waals surface area contributed by atoms with E-state index in [4.69, 9.17) is 5.11 Å². The van der Waals surface area contributed by atoms with E-state index in [0.29, 0.717) is 0 Å². The minimum atomic E-state index is -1.06. The maximum Gasteiger partial charge on any atom is 0.328 e. The van der Waals surface area contributed by atoms with Gasteiger partial charge in [-0.25, -0.2) is 9.48 Å². The second-order valence-electron chi connectivity index (χ2n) is 5.18. The van der Waals surface area contributed by atoms with Crippen molar-refractivity contribution in [3.63, 3.8) is 0 Å². The van der Waals surface area contributed by atoms with Crippen molar-refractivity contribution in [3.05, 3.63) is 22.6 Å². The van der Waals surface area contributed by atoms with E-state index in [0.717, 1.165) is 42.2 Å². The highest BCUT2D eigenvalue weighted by molar-refractivity contribution is 5.71. The largest absolute Gasteiger partial charge is 0.480 e. The van der Waals surface area contributed by atoms with Crippen LogP contribution in [0.4, 0.5) is 5.69 Å². The van der Waals surface area contributed by atoms with Crippen molar-refractivity contribution in [1.82, 2.24) is 9.78 Å². The van der Waals surface area contributed by atoms with Crippen molar-refractivity contribution in [2.24, 2.45) is 5.92 Å². The van der Waals surface area contributed by atoms with Crippen molar-refractivity contribution in [2.75, 3.05) is 18.0 Å². The van der Waals surface area contributed by atoms with Crippen LogP contribution in [-0.2, 0) is 4.79 Å². The van der Waals surface area contributed by atoms with Crippen molar-refractivity contribution >= 4 is 11.7 Å². The van der Waals surface area contributed by atoms with Crippen LogP contribution in [0.3, 0.4) is 0 Å². The summed E-state index contributed by atoms with van der Waals surface area (Å²) in [5.41, 5.74) is 0.414. The van der Waals surface area contributed by atoms with E-state index in [1.165, 1.54) is 13.0 Å². The Balaban J connectivity index is 2.19. The molecule has 1 aromatic heterocycles. The zero-order chi connectivity index (χ0) is 14.0. The van der Waals surface area contributed by atoms with Gasteiger partial charge in [-0.1, -0.05) is 6.92 Å². The molecule has 2 heterocycles. The fraction of sp³-hybridized carbons (Fsp3) is 0.615. The number of carbonyl (C=O) groups is 1. The molecular weight excluding hydrogens is 246 g/mol. The summed E-state index contributed by atoms with van der Waals surface area (Å²) in [5, 5.41) is 12.9. The van der Waals surface area contributed by atoms with Crippen molar-refractivity contribution in [3.8, 4) is 0 Å². The molecule has 1 saturated heterocycles. The van der Waals surface area contributed by atoms with Gasteiger partial charge in [-0.3, -0.25) is 4.79 Å². The Hall–Kier alpha value is -1.85. The lowest BCUT2D eigenvalue weighted by molar-refractivity contribution is -0.140. The van der Waals surface area contributed by atoms with Crippen LogP contribution in [0.2, 0.25) is 0 Å². The molecule has 1 N–H and O–H groups in total. The van der Waals surface area contributed by atoms with Crippen molar-refractivity contribution < 1.29 is 9.90 Å². The summed E-state index contributed by atoms with van der Waals surface area (Å²) in [4.78, 5) is 24.9. The Morgan fingerprint density at radius 3 is 2.63 bits per heavy atom. The van der Waals surface area contributed by atoms with Crippen LogP contribution in [0, 0.1) is 5.92 Å². The minimum Gasteiger partial charge on any atom is -0.480 e. The summed E-state index contributed by atoms with van der Waals surface area (Å²) in [6.07, 6.45) is 3.79. The Morgan fingerprint density at radius 1 is 1.47 bits per heavy atom. The second kappa shape index (κ2) is 5.42. The quantitative estimate of drug-likeness (QED) is 0.886. The smallest absolute Gasteiger partial charge is 0.328 e. The van der Waals surface area contributed by atoms with Gasteiger partial charge in [0.15, 0.2) is 6.04 Å². The van der Waals surface area contributed by atoms with E-state index in [1.807, 2.05) is 0 Å². The van der Waals surface area contributed by atoms with E-state index in [9.17, 15) is 9.59 Å². The minimum absolute atomic E-state index is 0.369. The van der Waals surface area contributed by atoms with Gasteiger partial charge in [-0.15, -0.1) is 0 Å². The van der Waals surface area contributed by atoms with Gasteiger partial charge in [0.2, 0.25) is 0 Å². The number of carboxylic acid groups (broad SMARTS) is 1. The van der Waals surface area contributed by atoms with Gasteiger partial charge in [0.25, 0.3) is 5.56 Å². The SMILES string of the molecule is CC1CCN(c2cnn(C(C)C(=O)O)c(=O)c2)CC1. The first kappa shape index (κ1) is 13.6. The zero-order valence-corrected chi connectivity index (χ0v) is 11.2. The first-order valence-corrected chi connectivity index (χ1v) is 6.55. The van der Waals surface area contributed by atoms with Gasteiger partial charge >= 0.3 is 5.97 Å². The molecule has 0 radical (unpaired) electrons. The number of rotatable bonds is 3. The first-order chi connectivity index (χ1) is 8.99. The van der Waals surface area contributed by atoms with E-state index >= 15 is 0 Å². The standard InChI is InChI=1S/C13H19N3O3/c1-9-3-5-15(6-4-9)11-7-12(17)16(14-8-11)10(2)13(18)19/h7-10H,3-6H2,1-2H3,(H,18,19). The van der Waals surface area contributed by atoms with Gasteiger partial charge < -0.3 is 10.0 Å². The topological polar surface area (TPSA) is 75.4 Å². The molecule has 1 aromatic rings. The van der Waals surface area contributed by atoms with Gasteiger partial charge in [-0.2, -0.15) is 5.10 Å². The third-order valence-electron chi connectivity index (χ3n) is 3.68. The molecule has 0 aliphatic carbocycles. The Kier molecular flexibility index (Phi) is 3.87. The number of anilines is 1. The lowest BCUT2D eigenvalue weighted by Gasteiger charge is -2.31. The summed E-state index contributed by atoms with van der Waals surface area (Å²) >= 11 is 0. The molecule has 0 bridgehead atoms.